The molecule has 0 aromatic carbocycles. The van der Waals surface area contributed by atoms with Gasteiger partial charge in [-0.3, -0.25) is 9.59 Å². The molecule has 7 heteroatoms. The molecule has 2 spiro atoms. The molecule has 2 aliphatic carbocycles. The van der Waals surface area contributed by atoms with Gasteiger partial charge in [-0.1, -0.05) is 27.2 Å². The lowest BCUT2D eigenvalue weighted by atomic mass is 9.43. The van der Waals surface area contributed by atoms with Crippen molar-refractivity contribution in [2.24, 2.45) is 16.7 Å². The Labute approximate surface area is 178 Å². The van der Waals surface area contributed by atoms with Crippen LogP contribution in [0.15, 0.2) is 0 Å². The second-order valence-electron chi connectivity index (χ2n) is 10.8. The number of hydrogen-bond acceptors (Lipinski definition) is 7. The maximum Gasteiger partial charge on any atom is 0.341 e. The van der Waals surface area contributed by atoms with Gasteiger partial charge in [0.2, 0.25) is 6.29 Å². The first kappa shape index (κ1) is 21.8. The van der Waals surface area contributed by atoms with Crippen LogP contribution >= 0.6 is 0 Å². The Hall–Kier alpha value is -1.47. The second-order valence-corrected chi connectivity index (χ2v) is 10.8. The van der Waals surface area contributed by atoms with Crippen molar-refractivity contribution >= 4 is 17.7 Å². The van der Waals surface area contributed by atoms with Crippen molar-refractivity contribution in [3.8, 4) is 0 Å². The van der Waals surface area contributed by atoms with E-state index in [2.05, 4.69) is 20.8 Å². The van der Waals surface area contributed by atoms with Gasteiger partial charge in [0.05, 0.1) is 6.42 Å². The molecule has 2 saturated carbocycles. The predicted octanol–water partition coefficient (Wildman–Crippen LogP) is 3.32. The molecule has 2 saturated heterocycles. The summed E-state index contributed by atoms with van der Waals surface area (Å²) in [5.74, 6) is -1.03. The van der Waals surface area contributed by atoms with Crippen molar-refractivity contribution < 1.29 is 33.3 Å². The fourth-order valence-electron chi connectivity index (χ4n) is 7.28. The number of esters is 2. The number of fused-ring (bicyclic) bond motifs is 2. The number of ketones is 1. The highest BCUT2D eigenvalue weighted by molar-refractivity contribution is 5.93. The minimum Gasteiger partial charge on any atom is -0.448 e. The van der Waals surface area contributed by atoms with Crippen molar-refractivity contribution in [1.29, 1.82) is 0 Å². The maximum atomic E-state index is 13.6. The minimum absolute atomic E-state index is 0.0580. The van der Waals surface area contributed by atoms with Gasteiger partial charge in [0.1, 0.15) is 5.60 Å². The highest BCUT2D eigenvalue weighted by Gasteiger charge is 2.78. The number of methoxy groups -OCH3 is 1. The summed E-state index contributed by atoms with van der Waals surface area (Å²) in [4.78, 5) is 38.6. The SMILES string of the molecule is COC1C[C@]2(CC[C@@]3(O2)[C@](C)(OC(C)=O)C(=O)C[C@H]2C(C)(C)CCC[C@]23C)C(=O)O1. The predicted molar refractivity (Wildman–Crippen MR) is 106 cm³/mol. The van der Waals surface area contributed by atoms with Gasteiger partial charge in [-0.2, -0.15) is 0 Å². The van der Waals surface area contributed by atoms with Crippen LogP contribution in [0.1, 0.15) is 79.6 Å². The lowest BCUT2D eigenvalue weighted by Gasteiger charge is -2.65. The van der Waals surface area contributed by atoms with Gasteiger partial charge in [0, 0.05) is 25.9 Å². The van der Waals surface area contributed by atoms with Crippen LogP contribution in [0.3, 0.4) is 0 Å². The first-order valence-electron chi connectivity index (χ1n) is 11.0. The molecule has 4 aliphatic rings. The fraction of sp³-hybridized carbons (Fsp3) is 0.870. The minimum atomic E-state index is -1.45. The van der Waals surface area contributed by atoms with Gasteiger partial charge in [0.15, 0.2) is 17.0 Å². The highest BCUT2D eigenvalue weighted by Crippen LogP contribution is 2.69. The third kappa shape index (κ3) is 2.60. The third-order valence-electron chi connectivity index (χ3n) is 8.81. The van der Waals surface area contributed by atoms with E-state index in [0.29, 0.717) is 19.3 Å². The normalized spacial score (nSPS) is 47.4. The summed E-state index contributed by atoms with van der Waals surface area (Å²) in [6.45, 7) is 9.59. The Morgan fingerprint density at radius 3 is 2.37 bits per heavy atom. The summed E-state index contributed by atoms with van der Waals surface area (Å²) in [5.41, 5.74) is -4.20. The van der Waals surface area contributed by atoms with Crippen molar-refractivity contribution in [2.75, 3.05) is 7.11 Å². The van der Waals surface area contributed by atoms with Crippen LogP contribution in [0.25, 0.3) is 0 Å². The summed E-state index contributed by atoms with van der Waals surface area (Å²) >= 11 is 0. The maximum absolute atomic E-state index is 13.6. The Balaban J connectivity index is 1.87. The van der Waals surface area contributed by atoms with Crippen LogP contribution in [0.5, 0.6) is 0 Å². The van der Waals surface area contributed by atoms with E-state index in [-0.39, 0.29) is 23.5 Å². The summed E-state index contributed by atoms with van der Waals surface area (Å²) in [7, 11) is 1.50. The Morgan fingerprint density at radius 1 is 1.07 bits per heavy atom. The molecule has 4 rings (SSSR count). The number of cyclic esters (lactones) is 1. The molecule has 6 atom stereocenters. The molecular formula is C23H34O7. The van der Waals surface area contributed by atoms with E-state index in [9.17, 15) is 14.4 Å². The van der Waals surface area contributed by atoms with Crippen LogP contribution in [0.4, 0.5) is 0 Å². The van der Waals surface area contributed by atoms with Crippen LogP contribution in [-0.4, -0.2) is 47.9 Å². The molecule has 2 aliphatic heterocycles. The number of rotatable bonds is 2. The van der Waals surface area contributed by atoms with Gasteiger partial charge in [-0.05, 0) is 43.9 Å². The topological polar surface area (TPSA) is 88.1 Å². The Morgan fingerprint density at radius 2 is 1.77 bits per heavy atom. The van der Waals surface area contributed by atoms with Crippen LogP contribution in [0, 0.1) is 16.7 Å². The fourth-order valence-corrected chi connectivity index (χ4v) is 7.28. The molecule has 30 heavy (non-hydrogen) atoms. The van der Waals surface area contributed by atoms with Crippen molar-refractivity contribution in [3.05, 3.63) is 0 Å². The lowest BCUT2D eigenvalue weighted by molar-refractivity contribution is -0.283. The van der Waals surface area contributed by atoms with Gasteiger partial charge >= 0.3 is 11.9 Å². The average Bonchev–Trinajstić information content (AvgIpc) is 3.19. The smallest absolute Gasteiger partial charge is 0.341 e. The van der Waals surface area contributed by atoms with Crippen LogP contribution < -0.4 is 0 Å². The van der Waals surface area contributed by atoms with Gasteiger partial charge in [-0.15, -0.1) is 0 Å². The molecule has 0 aromatic rings. The Bertz CT molecular complexity index is 790. The third-order valence-corrected chi connectivity index (χ3v) is 8.81. The summed E-state index contributed by atoms with van der Waals surface area (Å²) in [6, 6.07) is 0. The first-order chi connectivity index (χ1) is 13.9. The van der Waals surface area contributed by atoms with Gasteiger partial charge in [0.25, 0.3) is 0 Å². The number of hydrogen-bond donors (Lipinski definition) is 0. The van der Waals surface area contributed by atoms with E-state index in [1.807, 2.05) is 0 Å². The van der Waals surface area contributed by atoms with E-state index < -0.39 is 40.4 Å². The molecule has 4 fully saturated rings. The van der Waals surface area contributed by atoms with E-state index in [1.165, 1.54) is 14.0 Å². The largest absolute Gasteiger partial charge is 0.448 e. The summed E-state index contributed by atoms with van der Waals surface area (Å²) in [6.07, 6.45) is 3.70. The van der Waals surface area contributed by atoms with E-state index in [4.69, 9.17) is 18.9 Å². The van der Waals surface area contributed by atoms with Crippen molar-refractivity contribution in [2.45, 2.75) is 103 Å². The number of Topliss-reactive ketones (excluding diaryl/α,β-unsaturated/α-hetero) is 1. The molecule has 0 radical (unpaired) electrons. The zero-order chi connectivity index (χ0) is 22.2. The zero-order valence-electron chi connectivity index (χ0n) is 19.0. The van der Waals surface area contributed by atoms with E-state index in [1.54, 1.807) is 6.92 Å². The molecule has 0 amide bonds. The van der Waals surface area contributed by atoms with Crippen LogP contribution in [0.2, 0.25) is 0 Å². The van der Waals surface area contributed by atoms with Crippen molar-refractivity contribution in [3.63, 3.8) is 0 Å². The average molecular weight is 423 g/mol. The Kier molecular flexibility index (Phi) is 4.72. The molecule has 0 aromatic heterocycles. The molecule has 2 heterocycles. The van der Waals surface area contributed by atoms with Gasteiger partial charge in [-0.25, -0.2) is 4.79 Å². The van der Waals surface area contributed by atoms with E-state index in [0.717, 1.165) is 19.3 Å². The monoisotopic (exact) mass is 422 g/mol. The molecular weight excluding hydrogens is 388 g/mol. The van der Waals surface area contributed by atoms with E-state index >= 15 is 0 Å². The number of carbonyl (C=O) groups is 3. The number of carbonyl (C=O) groups excluding carboxylic acids is 3. The molecule has 0 bridgehead atoms. The standard InChI is InChI=1S/C23H34O7/c1-14(24)29-21(5)16(25)12-15-19(2,3)8-7-9-20(15,4)23(21)11-10-22(30-23)13-17(27-6)28-18(22)26/h15,17H,7-13H2,1-6H3/t15-,17?,20+,21+,22+,23-/m0/s1. The first-order valence-corrected chi connectivity index (χ1v) is 11.0. The zero-order valence-corrected chi connectivity index (χ0v) is 19.0. The van der Waals surface area contributed by atoms with Crippen LogP contribution in [-0.2, 0) is 33.3 Å². The summed E-state index contributed by atoms with van der Waals surface area (Å²) < 4.78 is 23.2. The summed E-state index contributed by atoms with van der Waals surface area (Å²) in [5, 5.41) is 0. The molecule has 7 nitrogen and oxygen atoms in total. The molecule has 0 N–H and O–H groups in total. The number of ether oxygens (including phenoxy) is 4. The second kappa shape index (κ2) is 6.52. The van der Waals surface area contributed by atoms with Gasteiger partial charge < -0.3 is 18.9 Å². The molecule has 1 unspecified atom stereocenters. The lowest BCUT2D eigenvalue weighted by Crippen LogP contribution is -2.74. The quantitative estimate of drug-likeness (QED) is 0.631. The van der Waals surface area contributed by atoms with Crippen molar-refractivity contribution in [1.82, 2.24) is 0 Å². The highest BCUT2D eigenvalue weighted by atomic mass is 16.7. The molecule has 168 valence electrons.